The Labute approximate surface area is 277 Å². The summed E-state index contributed by atoms with van der Waals surface area (Å²) < 4.78 is 53.0. The standard InChI is InChI=1S/C32H41N6O9P/c1-18(27(40)42-16-30(2,3)4)37-48(41,46-21-14-10-12-19-11-8-9-13-20(19)21)43-15-22-24-32(7,47-31(5,6)45-24)28(44-22)38-17-34-23-25(38)35-29(33)36-26(23)39/h8-14,17-18,22,24,28H,15-16H2,1-7H3,(H,37,41)(H3,33,35,36,39)/t18-,22+,24+,28+,32+,48?/m0/s1. The van der Waals surface area contributed by atoms with Crippen LogP contribution in [0.15, 0.2) is 53.6 Å². The average Bonchev–Trinajstić information content (AvgIpc) is 3.60. The van der Waals surface area contributed by atoms with Gasteiger partial charge < -0.3 is 29.2 Å². The Morgan fingerprint density at radius 2 is 1.92 bits per heavy atom. The molecule has 0 bridgehead atoms. The molecule has 2 aromatic heterocycles. The second kappa shape index (κ2) is 12.2. The fraction of sp³-hybridized carbons (Fsp3) is 0.500. The summed E-state index contributed by atoms with van der Waals surface area (Å²) in [6.07, 6.45) is -1.10. The molecule has 2 fully saturated rings. The molecule has 4 aromatic rings. The molecule has 258 valence electrons. The average molecular weight is 685 g/mol. The topological polar surface area (TPSA) is 191 Å². The molecule has 0 amide bonds. The molecule has 2 aliphatic rings. The van der Waals surface area contributed by atoms with E-state index in [2.05, 4.69) is 20.0 Å². The van der Waals surface area contributed by atoms with Crippen LogP contribution in [0.1, 0.15) is 54.7 Å². The Bertz CT molecular complexity index is 1950. The monoisotopic (exact) mass is 684 g/mol. The number of hydrogen-bond acceptors (Lipinski definition) is 12. The number of aromatic nitrogens is 4. The minimum Gasteiger partial charge on any atom is -0.464 e. The van der Waals surface area contributed by atoms with Crippen LogP contribution in [0.5, 0.6) is 5.75 Å². The van der Waals surface area contributed by atoms with Gasteiger partial charge in [0.15, 0.2) is 23.2 Å². The number of ether oxygens (including phenoxy) is 4. The molecule has 1 unspecified atom stereocenters. The van der Waals surface area contributed by atoms with Gasteiger partial charge in [-0.05, 0) is 44.6 Å². The summed E-state index contributed by atoms with van der Waals surface area (Å²) in [5.74, 6) is -1.46. The summed E-state index contributed by atoms with van der Waals surface area (Å²) in [7, 11) is -4.32. The minimum atomic E-state index is -4.32. The van der Waals surface area contributed by atoms with E-state index in [0.717, 1.165) is 5.39 Å². The molecule has 2 aromatic carbocycles. The lowest BCUT2D eigenvalue weighted by Crippen LogP contribution is -2.42. The number of hydrogen-bond donors (Lipinski definition) is 3. The number of aromatic amines is 1. The third-order valence-corrected chi connectivity index (χ3v) is 9.64. The van der Waals surface area contributed by atoms with Crippen molar-refractivity contribution in [2.24, 2.45) is 5.41 Å². The highest BCUT2D eigenvalue weighted by atomic mass is 31.2. The summed E-state index contributed by atoms with van der Waals surface area (Å²) in [6.45, 7) is 12.5. The number of carbonyl (C=O) groups is 1. The van der Waals surface area contributed by atoms with E-state index in [9.17, 15) is 14.2 Å². The van der Waals surface area contributed by atoms with Crippen molar-refractivity contribution in [3.05, 3.63) is 59.1 Å². The normalized spacial score (nSPS) is 25.5. The van der Waals surface area contributed by atoms with E-state index in [1.165, 1.54) is 13.3 Å². The number of benzene rings is 2. The lowest BCUT2D eigenvalue weighted by atomic mass is 9.96. The molecule has 15 nitrogen and oxygen atoms in total. The van der Waals surface area contributed by atoms with Gasteiger partial charge in [0, 0.05) is 5.39 Å². The Balaban J connectivity index is 1.30. The van der Waals surface area contributed by atoms with E-state index in [4.69, 9.17) is 33.7 Å². The van der Waals surface area contributed by atoms with Crippen LogP contribution in [0.25, 0.3) is 21.9 Å². The largest absolute Gasteiger partial charge is 0.464 e. The predicted molar refractivity (Wildman–Crippen MR) is 176 cm³/mol. The first-order chi connectivity index (χ1) is 22.5. The van der Waals surface area contributed by atoms with E-state index in [0.29, 0.717) is 5.39 Å². The van der Waals surface area contributed by atoms with Crippen LogP contribution in [0, 0.1) is 5.41 Å². The van der Waals surface area contributed by atoms with Gasteiger partial charge in [-0.15, -0.1) is 0 Å². The van der Waals surface area contributed by atoms with Crippen LogP contribution >= 0.6 is 7.75 Å². The number of esters is 1. The maximum Gasteiger partial charge on any atom is 0.459 e. The first-order valence-corrected chi connectivity index (χ1v) is 17.1. The molecule has 2 aliphatic heterocycles. The molecular formula is C32H41N6O9P. The number of nitrogens with one attached hydrogen (secondary N) is 2. The van der Waals surface area contributed by atoms with Gasteiger partial charge in [-0.25, -0.2) is 9.55 Å². The SMILES string of the molecule is C[C@H](NP(=O)(OC[C@H]1O[C@@H](n2cnc3c(=O)[nH]c(N)nc32)[C@]2(C)OC(C)(C)O[C@H]12)Oc1cccc2ccccc12)C(=O)OCC(C)(C)C. The van der Waals surface area contributed by atoms with Gasteiger partial charge in [0.2, 0.25) is 5.95 Å². The van der Waals surface area contributed by atoms with Gasteiger partial charge >= 0.3 is 13.7 Å². The zero-order valence-corrected chi connectivity index (χ0v) is 28.8. The highest BCUT2D eigenvalue weighted by molar-refractivity contribution is 7.52. The quantitative estimate of drug-likeness (QED) is 0.157. The van der Waals surface area contributed by atoms with Gasteiger partial charge in [0.1, 0.15) is 29.6 Å². The number of nitrogen functional groups attached to an aromatic ring is 1. The lowest BCUT2D eigenvalue weighted by Gasteiger charge is -2.30. The summed E-state index contributed by atoms with van der Waals surface area (Å²) in [5, 5.41) is 4.31. The van der Waals surface area contributed by atoms with Gasteiger partial charge in [-0.1, -0.05) is 57.2 Å². The predicted octanol–water partition coefficient (Wildman–Crippen LogP) is 4.43. The van der Waals surface area contributed by atoms with Crippen molar-refractivity contribution < 1.29 is 37.4 Å². The smallest absolute Gasteiger partial charge is 0.459 e. The molecule has 0 radical (unpaired) electrons. The molecule has 6 rings (SSSR count). The van der Waals surface area contributed by atoms with Crippen LogP contribution in [0.2, 0.25) is 0 Å². The van der Waals surface area contributed by atoms with Crippen LogP contribution in [-0.2, 0) is 32.8 Å². The summed E-state index contributed by atoms with van der Waals surface area (Å²) in [5.41, 5.74) is 4.18. The van der Waals surface area contributed by atoms with Gasteiger partial charge in [0.05, 0.1) is 19.5 Å². The first-order valence-electron chi connectivity index (χ1n) is 15.6. The summed E-state index contributed by atoms with van der Waals surface area (Å²) >= 11 is 0. The highest BCUT2D eigenvalue weighted by Crippen LogP contribution is 2.53. The maximum atomic E-state index is 14.6. The number of rotatable bonds is 10. The number of anilines is 1. The van der Waals surface area contributed by atoms with Crippen LogP contribution < -0.4 is 20.9 Å². The molecule has 6 atom stereocenters. The van der Waals surface area contributed by atoms with Crippen molar-refractivity contribution in [2.75, 3.05) is 18.9 Å². The van der Waals surface area contributed by atoms with Crippen molar-refractivity contribution in [1.29, 1.82) is 0 Å². The number of H-pyrrole nitrogens is 1. The van der Waals surface area contributed by atoms with Crippen molar-refractivity contribution in [3.63, 3.8) is 0 Å². The molecule has 4 N–H and O–H groups in total. The van der Waals surface area contributed by atoms with E-state index in [-0.39, 0.29) is 41.5 Å². The molecule has 4 heterocycles. The third kappa shape index (κ3) is 6.71. The molecule has 16 heteroatoms. The maximum absolute atomic E-state index is 14.6. The Hall–Kier alpha value is -3.85. The van der Waals surface area contributed by atoms with Gasteiger partial charge in [0.25, 0.3) is 5.56 Å². The number of nitrogens with two attached hydrogens (primary N) is 1. The Morgan fingerprint density at radius 1 is 1.19 bits per heavy atom. The second-order valence-electron chi connectivity index (χ2n) is 13.9. The molecule has 0 saturated carbocycles. The summed E-state index contributed by atoms with van der Waals surface area (Å²) in [4.78, 5) is 36.4. The number of imidazole rings is 1. The molecule has 48 heavy (non-hydrogen) atoms. The second-order valence-corrected chi connectivity index (χ2v) is 15.6. The highest BCUT2D eigenvalue weighted by Gasteiger charge is 2.64. The van der Waals surface area contributed by atoms with Crippen molar-refractivity contribution >= 4 is 41.6 Å². The zero-order chi connectivity index (χ0) is 34.6. The molecule has 0 aliphatic carbocycles. The first kappa shape index (κ1) is 34.0. The Kier molecular flexibility index (Phi) is 8.68. The molecule has 0 spiro atoms. The number of carbonyl (C=O) groups excluding carboxylic acids is 1. The van der Waals surface area contributed by atoms with Gasteiger partial charge in [-0.3, -0.25) is 23.7 Å². The number of nitrogens with zero attached hydrogens (tertiary/aromatic N) is 3. The molecular weight excluding hydrogens is 643 g/mol. The van der Waals surface area contributed by atoms with Crippen molar-refractivity contribution in [1.82, 2.24) is 24.6 Å². The van der Waals surface area contributed by atoms with Crippen molar-refractivity contribution in [2.45, 2.75) is 84.3 Å². The van der Waals surface area contributed by atoms with Crippen LogP contribution in [-0.4, -0.2) is 68.3 Å². The summed E-state index contributed by atoms with van der Waals surface area (Å²) in [6, 6.07) is 11.7. The van der Waals surface area contributed by atoms with Crippen molar-refractivity contribution in [3.8, 4) is 5.75 Å². The fourth-order valence-electron chi connectivity index (χ4n) is 5.99. The zero-order valence-electron chi connectivity index (χ0n) is 27.9. The fourth-order valence-corrected chi connectivity index (χ4v) is 7.52. The van der Waals surface area contributed by atoms with Gasteiger partial charge in [-0.2, -0.15) is 10.1 Å². The lowest BCUT2D eigenvalue weighted by molar-refractivity contribution is -0.216. The third-order valence-electron chi connectivity index (χ3n) is 8.01. The minimum absolute atomic E-state index is 0.0651. The van der Waals surface area contributed by atoms with E-state index < -0.39 is 55.1 Å². The van der Waals surface area contributed by atoms with E-state index in [1.807, 2.05) is 51.1 Å². The van der Waals surface area contributed by atoms with E-state index in [1.54, 1.807) is 37.5 Å². The van der Waals surface area contributed by atoms with Crippen LogP contribution in [0.3, 0.4) is 0 Å². The molecule has 2 saturated heterocycles. The van der Waals surface area contributed by atoms with E-state index >= 15 is 0 Å². The number of fused-ring (bicyclic) bond motifs is 3. The Morgan fingerprint density at radius 3 is 2.67 bits per heavy atom. The van der Waals surface area contributed by atoms with Crippen LogP contribution in [0.4, 0.5) is 5.95 Å².